The van der Waals surface area contributed by atoms with Crippen LogP contribution in [0.25, 0.3) is 0 Å². The molecule has 1 aromatic carbocycles. The van der Waals surface area contributed by atoms with Crippen molar-refractivity contribution in [1.29, 1.82) is 0 Å². The van der Waals surface area contributed by atoms with Crippen LogP contribution in [0.3, 0.4) is 0 Å². The molecule has 1 aliphatic heterocycles. The van der Waals surface area contributed by atoms with Gasteiger partial charge in [0.25, 0.3) is 5.91 Å². The van der Waals surface area contributed by atoms with E-state index in [4.69, 9.17) is 5.21 Å². The van der Waals surface area contributed by atoms with Crippen LogP contribution < -0.4 is 5.48 Å². The predicted molar refractivity (Wildman–Crippen MR) is 81.7 cm³/mol. The Morgan fingerprint density at radius 3 is 2.32 bits per heavy atom. The van der Waals surface area contributed by atoms with Gasteiger partial charge < -0.3 is 0 Å². The Balaban J connectivity index is 2.14. The van der Waals surface area contributed by atoms with E-state index < -0.39 is 22.0 Å². The van der Waals surface area contributed by atoms with Crippen molar-refractivity contribution in [2.24, 2.45) is 0 Å². The number of nitrogens with zero attached hydrogens (tertiary/aromatic N) is 2. The van der Waals surface area contributed by atoms with Crippen LogP contribution in [0.15, 0.2) is 30.3 Å². The SMILES string of the molecule is CCS(=O)(=O)N1CCN(C(C(=O)NO)c2ccccc2)CC1. The Kier molecular flexibility index (Phi) is 5.52. The molecule has 0 aliphatic carbocycles. The van der Waals surface area contributed by atoms with Crippen molar-refractivity contribution >= 4 is 15.9 Å². The normalized spacial score (nSPS) is 18.8. The van der Waals surface area contributed by atoms with Gasteiger partial charge in [-0.15, -0.1) is 0 Å². The maximum Gasteiger partial charge on any atom is 0.265 e. The number of rotatable bonds is 5. The molecule has 22 heavy (non-hydrogen) atoms. The minimum Gasteiger partial charge on any atom is -0.289 e. The third-order valence-electron chi connectivity index (χ3n) is 3.87. The molecule has 0 saturated carbocycles. The van der Waals surface area contributed by atoms with Crippen molar-refractivity contribution in [3.8, 4) is 0 Å². The molecule has 0 aromatic heterocycles. The van der Waals surface area contributed by atoms with Crippen molar-refractivity contribution in [3.63, 3.8) is 0 Å². The van der Waals surface area contributed by atoms with Gasteiger partial charge in [0.05, 0.1) is 5.75 Å². The molecule has 1 amide bonds. The van der Waals surface area contributed by atoms with Gasteiger partial charge in [-0.3, -0.25) is 14.9 Å². The van der Waals surface area contributed by atoms with E-state index in [-0.39, 0.29) is 5.75 Å². The van der Waals surface area contributed by atoms with Gasteiger partial charge in [-0.05, 0) is 12.5 Å². The number of nitrogens with one attached hydrogen (secondary N) is 1. The molecule has 1 atom stereocenters. The molecule has 1 aromatic rings. The van der Waals surface area contributed by atoms with Crippen LogP contribution in [0.2, 0.25) is 0 Å². The highest BCUT2D eigenvalue weighted by atomic mass is 32.2. The molecule has 1 unspecified atom stereocenters. The second-order valence-electron chi connectivity index (χ2n) is 5.12. The van der Waals surface area contributed by atoms with Crippen molar-refractivity contribution < 1.29 is 18.4 Å². The Morgan fingerprint density at radius 2 is 1.82 bits per heavy atom. The molecule has 7 nitrogen and oxygen atoms in total. The fourth-order valence-electron chi connectivity index (χ4n) is 2.65. The molecule has 1 aliphatic rings. The minimum atomic E-state index is -3.20. The van der Waals surface area contributed by atoms with E-state index in [1.165, 1.54) is 4.31 Å². The van der Waals surface area contributed by atoms with Gasteiger partial charge in [0, 0.05) is 26.2 Å². The first-order valence-electron chi connectivity index (χ1n) is 7.20. The molecular weight excluding hydrogens is 306 g/mol. The lowest BCUT2D eigenvalue weighted by atomic mass is 10.0. The topological polar surface area (TPSA) is 90.0 Å². The molecule has 2 N–H and O–H groups in total. The zero-order valence-electron chi connectivity index (χ0n) is 12.5. The molecule has 0 spiro atoms. The average molecular weight is 327 g/mol. The molecule has 1 heterocycles. The number of carbonyl (C=O) groups is 1. The minimum absolute atomic E-state index is 0.0756. The van der Waals surface area contributed by atoms with Crippen LogP contribution in [0.5, 0.6) is 0 Å². The van der Waals surface area contributed by atoms with Crippen LogP contribution in [0, 0.1) is 0 Å². The Bertz CT molecular complexity index is 598. The zero-order chi connectivity index (χ0) is 16.2. The monoisotopic (exact) mass is 327 g/mol. The van der Waals surface area contributed by atoms with E-state index in [0.717, 1.165) is 5.56 Å². The largest absolute Gasteiger partial charge is 0.289 e. The third kappa shape index (κ3) is 3.64. The molecular formula is C14H21N3O4S. The van der Waals surface area contributed by atoms with E-state index in [0.29, 0.717) is 26.2 Å². The maximum atomic E-state index is 12.0. The summed E-state index contributed by atoms with van der Waals surface area (Å²) in [7, 11) is -3.20. The lowest BCUT2D eigenvalue weighted by Gasteiger charge is -2.37. The Morgan fingerprint density at radius 1 is 1.23 bits per heavy atom. The number of hydrogen-bond acceptors (Lipinski definition) is 5. The van der Waals surface area contributed by atoms with Gasteiger partial charge in [-0.2, -0.15) is 4.31 Å². The van der Waals surface area contributed by atoms with Crippen molar-refractivity contribution in [2.45, 2.75) is 13.0 Å². The summed E-state index contributed by atoms with van der Waals surface area (Å²) in [6.07, 6.45) is 0. The van der Waals surface area contributed by atoms with Gasteiger partial charge in [0.15, 0.2) is 0 Å². The van der Waals surface area contributed by atoms with Crippen LogP contribution in [-0.4, -0.2) is 60.7 Å². The van der Waals surface area contributed by atoms with Crippen molar-refractivity contribution in [1.82, 2.24) is 14.7 Å². The first-order valence-corrected chi connectivity index (χ1v) is 8.81. The number of piperazine rings is 1. The van der Waals surface area contributed by atoms with Crippen molar-refractivity contribution in [3.05, 3.63) is 35.9 Å². The number of carbonyl (C=O) groups excluding carboxylic acids is 1. The lowest BCUT2D eigenvalue weighted by Crippen LogP contribution is -2.52. The van der Waals surface area contributed by atoms with Crippen LogP contribution >= 0.6 is 0 Å². The van der Waals surface area contributed by atoms with Crippen LogP contribution in [0.4, 0.5) is 0 Å². The average Bonchev–Trinajstić information content (AvgIpc) is 2.56. The first-order chi connectivity index (χ1) is 10.5. The van der Waals surface area contributed by atoms with Crippen LogP contribution in [0.1, 0.15) is 18.5 Å². The summed E-state index contributed by atoms with van der Waals surface area (Å²) in [6.45, 7) is 3.18. The number of hydrogen-bond donors (Lipinski definition) is 2. The van der Waals surface area contributed by atoms with Gasteiger partial charge in [-0.1, -0.05) is 30.3 Å². The Hall–Kier alpha value is -1.48. The Labute approximate surface area is 130 Å². The zero-order valence-corrected chi connectivity index (χ0v) is 13.3. The lowest BCUT2D eigenvalue weighted by molar-refractivity contribution is -0.135. The van der Waals surface area contributed by atoms with Gasteiger partial charge in [0.1, 0.15) is 6.04 Å². The molecule has 1 fully saturated rings. The van der Waals surface area contributed by atoms with Gasteiger partial charge >= 0.3 is 0 Å². The summed E-state index contributed by atoms with van der Waals surface area (Å²) in [6, 6.07) is 8.50. The van der Waals surface area contributed by atoms with E-state index in [1.54, 1.807) is 12.4 Å². The molecule has 122 valence electrons. The maximum absolute atomic E-state index is 12.0. The van der Waals surface area contributed by atoms with Gasteiger partial charge in [0.2, 0.25) is 10.0 Å². The van der Waals surface area contributed by atoms with Crippen molar-refractivity contribution in [2.75, 3.05) is 31.9 Å². The summed E-state index contributed by atoms with van der Waals surface area (Å²) in [5.74, 6) is -0.440. The number of hydroxylamine groups is 1. The van der Waals surface area contributed by atoms with Gasteiger partial charge in [-0.25, -0.2) is 13.9 Å². The quantitative estimate of drug-likeness (QED) is 0.596. The smallest absolute Gasteiger partial charge is 0.265 e. The van der Waals surface area contributed by atoms with E-state index in [2.05, 4.69) is 0 Å². The second kappa shape index (κ2) is 7.19. The molecule has 0 bridgehead atoms. The molecule has 2 rings (SSSR count). The molecule has 8 heteroatoms. The van der Waals surface area contributed by atoms with E-state index in [1.807, 2.05) is 35.2 Å². The fourth-order valence-corrected chi connectivity index (χ4v) is 3.73. The van der Waals surface area contributed by atoms with E-state index in [9.17, 15) is 13.2 Å². The fraction of sp³-hybridized carbons (Fsp3) is 0.500. The second-order valence-corrected chi connectivity index (χ2v) is 7.38. The predicted octanol–water partition coefficient (Wildman–Crippen LogP) is 0.200. The highest BCUT2D eigenvalue weighted by molar-refractivity contribution is 7.89. The standard InChI is InChI=1S/C14H21N3O4S/c1-2-22(20,21)17-10-8-16(9-11-17)13(14(18)15-19)12-6-4-3-5-7-12/h3-7,13,19H,2,8-11H2,1H3,(H,15,18). The highest BCUT2D eigenvalue weighted by Crippen LogP contribution is 2.23. The summed E-state index contributed by atoms with van der Waals surface area (Å²) in [5.41, 5.74) is 2.47. The summed E-state index contributed by atoms with van der Waals surface area (Å²) in [4.78, 5) is 13.9. The van der Waals surface area contributed by atoms with E-state index >= 15 is 0 Å². The summed E-state index contributed by atoms with van der Waals surface area (Å²) < 4.78 is 25.2. The molecule has 0 radical (unpaired) electrons. The number of amides is 1. The number of benzene rings is 1. The van der Waals surface area contributed by atoms with Crippen LogP contribution in [-0.2, 0) is 14.8 Å². The third-order valence-corrected chi connectivity index (χ3v) is 5.75. The molecule has 1 saturated heterocycles. The highest BCUT2D eigenvalue weighted by Gasteiger charge is 2.33. The number of sulfonamides is 1. The first kappa shape index (κ1) is 16.9. The summed E-state index contributed by atoms with van der Waals surface area (Å²) in [5, 5.41) is 8.98. The summed E-state index contributed by atoms with van der Waals surface area (Å²) >= 11 is 0.